The largest absolute Gasteiger partial charge is 0.505 e. The molecule has 1 aliphatic heterocycles. The number of ketones is 1. The van der Waals surface area contributed by atoms with E-state index in [0.29, 0.717) is 22.0 Å². The molecule has 4 heterocycles. The van der Waals surface area contributed by atoms with Gasteiger partial charge in [-0.3, -0.25) is 14.5 Å². The minimum Gasteiger partial charge on any atom is -0.505 e. The van der Waals surface area contributed by atoms with Gasteiger partial charge in [0, 0.05) is 10.7 Å². The highest BCUT2D eigenvalue weighted by atomic mass is 79.9. The highest BCUT2D eigenvalue weighted by Crippen LogP contribution is 2.45. The van der Waals surface area contributed by atoms with Crippen molar-refractivity contribution < 1.29 is 14.7 Å². The predicted octanol–water partition coefficient (Wildman–Crippen LogP) is 6.57. The van der Waals surface area contributed by atoms with E-state index in [1.165, 1.54) is 16.2 Å². The molecular formula is C29H23BrN4O3S. The number of carbonyl (C=O) groups is 2. The van der Waals surface area contributed by atoms with Gasteiger partial charge in [-0.2, -0.15) is 0 Å². The molecule has 1 saturated heterocycles. The number of thiazole rings is 1. The second-order valence-corrected chi connectivity index (χ2v) is 11.5. The molecule has 0 saturated carbocycles. The van der Waals surface area contributed by atoms with Gasteiger partial charge in [0.1, 0.15) is 11.3 Å². The van der Waals surface area contributed by atoms with Crippen LogP contribution in [0.4, 0.5) is 5.13 Å². The number of hydrogen-bond donors (Lipinski definition) is 1. The van der Waals surface area contributed by atoms with E-state index in [4.69, 9.17) is 4.98 Å². The minimum absolute atomic E-state index is 0.00589. The summed E-state index contributed by atoms with van der Waals surface area (Å²) in [6.45, 7) is 7.76. The number of nitrogens with zero attached hydrogens (tertiary/aromatic N) is 4. The molecule has 0 aliphatic carbocycles. The summed E-state index contributed by atoms with van der Waals surface area (Å²) in [4.78, 5) is 38.1. The maximum atomic E-state index is 13.6. The van der Waals surface area contributed by atoms with E-state index in [1.807, 2.05) is 86.8 Å². The van der Waals surface area contributed by atoms with Gasteiger partial charge in [-0.05, 0) is 74.2 Å². The molecule has 1 N–H and O–H groups in total. The van der Waals surface area contributed by atoms with E-state index in [-0.39, 0.29) is 17.0 Å². The minimum atomic E-state index is -0.865. The molecule has 5 aromatic rings. The fourth-order valence-corrected chi connectivity index (χ4v) is 6.56. The summed E-state index contributed by atoms with van der Waals surface area (Å²) >= 11 is 4.82. The van der Waals surface area contributed by atoms with Gasteiger partial charge >= 0.3 is 5.91 Å². The van der Waals surface area contributed by atoms with E-state index in [2.05, 4.69) is 20.9 Å². The maximum Gasteiger partial charge on any atom is 0.301 e. The Morgan fingerprint density at radius 3 is 2.45 bits per heavy atom. The number of rotatable bonds is 3. The topological polar surface area (TPSA) is 87.8 Å². The number of anilines is 1. The molecule has 3 aromatic heterocycles. The fourth-order valence-electron chi connectivity index (χ4n) is 5.13. The van der Waals surface area contributed by atoms with Crippen molar-refractivity contribution in [3.8, 4) is 0 Å². The first-order valence-electron chi connectivity index (χ1n) is 12.0. The number of hydrogen-bond acceptors (Lipinski definition) is 6. The summed E-state index contributed by atoms with van der Waals surface area (Å²) in [6.07, 6.45) is 1.86. The zero-order chi connectivity index (χ0) is 26.9. The standard InChI is InChI=1S/C29H23BrN4O3S/c1-14-12-16(3)22-20(13-14)38-29(32-22)34-24(18-7-9-19(30)10-8-18)21(26(36)28(34)37)25(35)23-17(4)33-11-5-6-15(2)27(33)31-23/h5-13,24,35H,1-4H3. The van der Waals surface area contributed by atoms with Crippen LogP contribution in [0.3, 0.4) is 0 Å². The Bertz CT molecular complexity index is 1830. The van der Waals surface area contributed by atoms with Gasteiger partial charge in [0.25, 0.3) is 5.78 Å². The number of aryl methyl sites for hydroxylation is 4. The first-order chi connectivity index (χ1) is 18.2. The molecule has 0 bridgehead atoms. The van der Waals surface area contributed by atoms with E-state index in [1.54, 1.807) is 0 Å². The summed E-state index contributed by atoms with van der Waals surface area (Å²) < 4.78 is 3.66. The Labute approximate surface area is 231 Å². The number of benzene rings is 2. The summed E-state index contributed by atoms with van der Waals surface area (Å²) in [5, 5.41) is 12.0. The van der Waals surface area contributed by atoms with Crippen LogP contribution >= 0.6 is 27.3 Å². The van der Waals surface area contributed by atoms with Crippen LogP contribution < -0.4 is 4.90 Å². The number of fused-ring (bicyclic) bond motifs is 2. The predicted molar refractivity (Wildman–Crippen MR) is 153 cm³/mol. The second kappa shape index (κ2) is 8.89. The molecular weight excluding hydrogens is 564 g/mol. The van der Waals surface area contributed by atoms with Gasteiger partial charge in [0.05, 0.1) is 27.5 Å². The Balaban J connectivity index is 1.60. The zero-order valence-electron chi connectivity index (χ0n) is 21.1. The number of aliphatic hydroxyl groups excluding tert-OH is 1. The van der Waals surface area contributed by atoms with Crippen LogP contribution in [-0.2, 0) is 9.59 Å². The van der Waals surface area contributed by atoms with E-state index < -0.39 is 17.7 Å². The third-order valence-corrected chi connectivity index (χ3v) is 8.49. The third kappa shape index (κ3) is 3.68. The number of halogens is 1. The summed E-state index contributed by atoms with van der Waals surface area (Å²) in [6, 6.07) is 14.4. The lowest BCUT2D eigenvalue weighted by molar-refractivity contribution is -0.132. The molecule has 6 rings (SSSR count). The maximum absolute atomic E-state index is 13.6. The monoisotopic (exact) mass is 586 g/mol. The van der Waals surface area contributed by atoms with Crippen LogP contribution in [0, 0.1) is 27.7 Å². The quantitative estimate of drug-likeness (QED) is 0.147. The molecule has 1 atom stereocenters. The van der Waals surface area contributed by atoms with Crippen molar-refractivity contribution in [2.75, 3.05) is 4.90 Å². The summed E-state index contributed by atoms with van der Waals surface area (Å²) in [5.74, 6) is -1.80. The van der Waals surface area contributed by atoms with Crippen molar-refractivity contribution in [3.63, 3.8) is 0 Å². The van der Waals surface area contributed by atoms with Gasteiger partial charge in [0.15, 0.2) is 10.9 Å². The van der Waals surface area contributed by atoms with Crippen LogP contribution in [-0.4, -0.2) is 31.2 Å². The zero-order valence-corrected chi connectivity index (χ0v) is 23.5. The number of amides is 1. The number of Topliss-reactive ketones (excluding diaryl/α,β-unsaturated/α-hetero) is 1. The second-order valence-electron chi connectivity index (χ2n) is 9.58. The van der Waals surface area contributed by atoms with Crippen molar-refractivity contribution in [2.24, 2.45) is 0 Å². The lowest BCUT2D eigenvalue weighted by Gasteiger charge is -2.22. The summed E-state index contributed by atoms with van der Waals surface area (Å²) in [7, 11) is 0. The van der Waals surface area contributed by atoms with E-state index >= 15 is 0 Å². The van der Waals surface area contributed by atoms with Crippen molar-refractivity contribution in [1.82, 2.24) is 14.4 Å². The van der Waals surface area contributed by atoms with Gasteiger partial charge in [-0.15, -0.1) is 0 Å². The fraction of sp³-hybridized carbons (Fsp3) is 0.172. The molecule has 0 radical (unpaired) electrons. The van der Waals surface area contributed by atoms with Crippen molar-refractivity contribution >= 4 is 65.7 Å². The lowest BCUT2D eigenvalue weighted by atomic mass is 9.96. The van der Waals surface area contributed by atoms with E-state index in [0.717, 1.165) is 31.4 Å². The van der Waals surface area contributed by atoms with Gasteiger partial charge in [0.2, 0.25) is 0 Å². The molecule has 1 amide bonds. The normalized spacial score (nSPS) is 17.3. The van der Waals surface area contributed by atoms with Crippen molar-refractivity contribution in [2.45, 2.75) is 33.7 Å². The molecule has 2 aromatic carbocycles. The van der Waals surface area contributed by atoms with Gasteiger partial charge in [-0.1, -0.05) is 51.5 Å². The molecule has 1 aliphatic rings. The van der Waals surface area contributed by atoms with Crippen LogP contribution in [0.1, 0.15) is 39.7 Å². The average molecular weight is 587 g/mol. The number of aromatic nitrogens is 3. The molecule has 190 valence electrons. The molecule has 38 heavy (non-hydrogen) atoms. The van der Waals surface area contributed by atoms with Crippen LogP contribution in [0.15, 0.2) is 64.8 Å². The van der Waals surface area contributed by atoms with Crippen LogP contribution in [0.2, 0.25) is 0 Å². The van der Waals surface area contributed by atoms with Gasteiger partial charge < -0.3 is 9.51 Å². The Kier molecular flexibility index (Phi) is 5.73. The molecule has 7 nitrogen and oxygen atoms in total. The first-order valence-corrected chi connectivity index (χ1v) is 13.7. The number of pyridine rings is 1. The molecule has 1 fully saturated rings. The number of carbonyl (C=O) groups excluding carboxylic acids is 2. The molecule has 9 heteroatoms. The highest BCUT2D eigenvalue weighted by molar-refractivity contribution is 9.10. The van der Waals surface area contributed by atoms with Crippen LogP contribution in [0.5, 0.6) is 0 Å². The van der Waals surface area contributed by atoms with Crippen molar-refractivity contribution in [1.29, 1.82) is 0 Å². The molecule has 0 spiro atoms. The van der Waals surface area contributed by atoms with Gasteiger partial charge in [-0.25, -0.2) is 9.97 Å². The third-order valence-electron chi connectivity index (χ3n) is 6.96. The highest BCUT2D eigenvalue weighted by Gasteiger charge is 2.48. The average Bonchev–Trinajstić information content (AvgIpc) is 3.53. The van der Waals surface area contributed by atoms with E-state index in [9.17, 15) is 14.7 Å². The SMILES string of the molecule is Cc1cc(C)c2nc(N3C(=O)C(=O)C(=C(O)c4nc5c(C)cccn5c4C)C3c3ccc(Br)cc3)sc2c1. The van der Waals surface area contributed by atoms with Crippen LogP contribution in [0.25, 0.3) is 21.6 Å². The number of imidazole rings is 1. The summed E-state index contributed by atoms with van der Waals surface area (Å²) in [5.41, 5.74) is 6.11. The first kappa shape index (κ1) is 24.5. The Hall–Kier alpha value is -3.82. The lowest BCUT2D eigenvalue weighted by Crippen LogP contribution is -2.29. The van der Waals surface area contributed by atoms with Crippen molar-refractivity contribution in [3.05, 3.63) is 98.4 Å². The smallest absolute Gasteiger partial charge is 0.301 e. The number of aliphatic hydroxyl groups is 1. The Morgan fingerprint density at radius 1 is 1.00 bits per heavy atom. The molecule has 1 unspecified atom stereocenters. The Morgan fingerprint density at radius 2 is 1.74 bits per heavy atom.